The summed E-state index contributed by atoms with van der Waals surface area (Å²) < 4.78 is 0. The van der Waals surface area contributed by atoms with Gasteiger partial charge in [-0.25, -0.2) is 0 Å². The molecule has 0 atom stereocenters. The number of benzene rings is 2. The van der Waals surface area contributed by atoms with E-state index >= 15 is 0 Å². The molecule has 0 radical (unpaired) electrons. The van der Waals surface area contributed by atoms with E-state index in [9.17, 15) is 4.79 Å². The predicted molar refractivity (Wildman–Crippen MR) is 82.6 cm³/mol. The summed E-state index contributed by atoms with van der Waals surface area (Å²) in [5, 5.41) is 1.49. The lowest BCUT2D eigenvalue weighted by atomic mass is 10.0. The average molecular weight is 284 g/mol. The minimum atomic E-state index is 0.0150. The molecule has 1 heterocycles. The van der Waals surface area contributed by atoms with Gasteiger partial charge in [-0.05, 0) is 18.1 Å². The molecule has 0 saturated heterocycles. The Morgan fingerprint density at radius 2 is 1.90 bits per heavy atom. The van der Waals surface area contributed by atoms with Crippen molar-refractivity contribution in [1.29, 1.82) is 0 Å². The van der Waals surface area contributed by atoms with Gasteiger partial charge < -0.3 is 4.98 Å². The molecule has 2 aromatic carbocycles. The Morgan fingerprint density at radius 3 is 2.60 bits per heavy atom. The number of aromatic nitrogens is 1. The highest BCUT2D eigenvalue weighted by Crippen LogP contribution is 2.26. The number of hydrogen-bond donors (Lipinski definition) is 1. The minimum Gasteiger partial charge on any atom is -0.359 e. The van der Waals surface area contributed by atoms with Crippen molar-refractivity contribution >= 4 is 28.3 Å². The van der Waals surface area contributed by atoms with E-state index < -0.39 is 0 Å². The summed E-state index contributed by atoms with van der Waals surface area (Å²) in [7, 11) is 0. The molecule has 0 amide bonds. The largest absolute Gasteiger partial charge is 0.359 e. The van der Waals surface area contributed by atoms with E-state index in [0.717, 1.165) is 17.3 Å². The summed E-state index contributed by atoms with van der Waals surface area (Å²) in [6.07, 6.45) is 2.70. The van der Waals surface area contributed by atoms with Gasteiger partial charge in [-0.15, -0.1) is 0 Å². The van der Waals surface area contributed by atoms with Crippen molar-refractivity contribution in [3.8, 4) is 0 Å². The van der Waals surface area contributed by atoms with Crippen LogP contribution in [0.15, 0.2) is 48.7 Å². The van der Waals surface area contributed by atoms with Crippen LogP contribution >= 0.6 is 11.6 Å². The van der Waals surface area contributed by atoms with E-state index in [1.165, 1.54) is 5.56 Å². The molecular weight excluding hydrogens is 270 g/mol. The van der Waals surface area contributed by atoms with Crippen molar-refractivity contribution in [1.82, 2.24) is 4.98 Å². The van der Waals surface area contributed by atoms with E-state index in [1.54, 1.807) is 6.20 Å². The van der Waals surface area contributed by atoms with Crippen LogP contribution in [0.5, 0.6) is 0 Å². The standard InChI is InChI=1S/C17H14ClNO/c1-2-11-6-8-12(9-7-11)17(20)14-10-19-16-13(14)4-3-5-15(16)18/h3-10,19H,2H2,1H3. The van der Waals surface area contributed by atoms with Gasteiger partial charge in [0.2, 0.25) is 0 Å². The number of carbonyl (C=O) groups excluding carboxylic acids is 1. The van der Waals surface area contributed by atoms with Crippen molar-refractivity contribution in [2.24, 2.45) is 0 Å². The van der Waals surface area contributed by atoms with Gasteiger partial charge in [0.05, 0.1) is 10.5 Å². The van der Waals surface area contributed by atoms with Gasteiger partial charge in [-0.2, -0.15) is 0 Å². The van der Waals surface area contributed by atoms with Gasteiger partial charge >= 0.3 is 0 Å². The van der Waals surface area contributed by atoms with Gasteiger partial charge in [0, 0.05) is 22.7 Å². The number of hydrogen-bond acceptors (Lipinski definition) is 1. The van der Waals surface area contributed by atoms with Gasteiger partial charge in [-0.1, -0.05) is 54.9 Å². The molecule has 0 aliphatic heterocycles. The number of carbonyl (C=O) groups is 1. The molecule has 0 unspecified atom stereocenters. The fourth-order valence-corrected chi connectivity index (χ4v) is 2.58. The lowest BCUT2D eigenvalue weighted by Crippen LogP contribution is -2.00. The van der Waals surface area contributed by atoms with Gasteiger partial charge in [0.25, 0.3) is 0 Å². The van der Waals surface area contributed by atoms with Gasteiger partial charge in [0.15, 0.2) is 5.78 Å². The van der Waals surface area contributed by atoms with Crippen molar-refractivity contribution in [3.05, 3.63) is 70.4 Å². The maximum Gasteiger partial charge on any atom is 0.195 e. The average Bonchev–Trinajstić information content (AvgIpc) is 2.92. The van der Waals surface area contributed by atoms with Crippen molar-refractivity contribution in [2.75, 3.05) is 0 Å². The van der Waals surface area contributed by atoms with Crippen molar-refractivity contribution < 1.29 is 4.79 Å². The quantitative estimate of drug-likeness (QED) is 0.699. The number of halogens is 1. The summed E-state index contributed by atoms with van der Waals surface area (Å²) in [5.41, 5.74) is 3.39. The molecule has 100 valence electrons. The van der Waals surface area contributed by atoms with Crippen LogP contribution < -0.4 is 0 Å². The minimum absolute atomic E-state index is 0.0150. The highest BCUT2D eigenvalue weighted by atomic mass is 35.5. The van der Waals surface area contributed by atoms with E-state index in [1.807, 2.05) is 42.5 Å². The third-order valence-corrected chi connectivity index (χ3v) is 3.85. The zero-order chi connectivity index (χ0) is 14.1. The second-order valence-corrected chi connectivity index (χ2v) is 5.15. The molecule has 0 fully saturated rings. The Hall–Kier alpha value is -2.06. The number of H-pyrrole nitrogens is 1. The zero-order valence-corrected chi connectivity index (χ0v) is 11.9. The van der Waals surface area contributed by atoms with E-state index in [-0.39, 0.29) is 5.78 Å². The Morgan fingerprint density at radius 1 is 1.15 bits per heavy atom. The van der Waals surface area contributed by atoms with Crippen LogP contribution in [0.1, 0.15) is 28.4 Å². The Labute approximate surface area is 122 Å². The van der Waals surface area contributed by atoms with E-state index in [0.29, 0.717) is 16.1 Å². The van der Waals surface area contributed by atoms with Crippen LogP contribution in [0.3, 0.4) is 0 Å². The number of ketones is 1. The third kappa shape index (κ3) is 2.12. The second-order valence-electron chi connectivity index (χ2n) is 4.74. The number of fused-ring (bicyclic) bond motifs is 1. The summed E-state index contributed by atoms with van der Waals surface area (Å²) in [6.45, 7) is 2.10. The number of rotatable bonds is 3. The molecule has 3 heteroatoms. The molecule has 0 aliphatic rings. The summed E-state index contributed by atoms with van der Waals surface area (Å²) in [5.74, 6) is 0.0150. The molecule has 0 saturated carbocycles. The Kier molecular flexibility index (Phi) is 3.33. The molecule has 2 nitrogen and oxygen atoms in total. The normalized spacial score (nSPS) is 10.9. The Balaban J connectivity index is 2.06. The molecule has 0 aliphatic carbocycles. The first-order valence-electron chi connectivity index (χ1n) is 6.60. The SMILES string of the molecule is CCc1ccc(C(=O)c2c[nH]c3c(Cl)cccc23)cc1. The Bertz CT molecular complexity index is 771. The fraction of sp³-hybridized carbons (Fsp3) is 0.118. The van der Waals surface area contributed by atoms with Gasteiger partial charge in [-0.3, -0.25) is 4.79 Å². The molecule has 1 N–H and O–H groups in total. The number of aromatic amines is 1. The summed E-state index contributed by atoms with van der Waals surface area (Å²) in [6, 6.07) is 13.3. The molecule has 20 heavy (non-hydrogen) atoms. The summed E-state index contributed by atoms with van der Waals surface area (Å²) in [4.78, 5) is 15.6. The zero-order valence-electron chi connectivity index (χ0n) is 11.1. The van der Waals surface area contributed by atoms with Gasteiger partial charge in [0.1, 0.15) is 0 Å². The highest BCUT2D eigenvalue weighted by molar-refractivity contribution is 6.35. The first-order valence-corrected chi connectivity index (χ1v) is 6.97. The van der Waals surface area contributed by atoms with E-state index in [2.05, 4.69) is 11.9 Å². The highest BCUT2D eigenvalue weighted by Gasteiger charge is 2.15. The molecule has 1 aromatic heterocycles. The number of para-hydroxylation sites is 1. The molecule has 0 spiro atoms. The fourth-order valence-electron chi connectivity index (χ4n) is 2.35. The first kappa shape index (κ1) is 12.9. The maximum absolute atomic E-state index is 12.6. The van der Waals surface area contributed by atoms with Crippen LogP contribution in [-0.2, 0) is 6.42 Å². The smallest absolute Gasteiger partial charge is 0.195 e. The van der Waals surface area contributed by atoms with Crippen LogP contribution in [-0.4, -0.2) is 10.8 Å². The molecule has 3 aromatic rings. The van der Waals surface area contributed by atoms with Crippen LogP contribution in [0.4, 0.5) is 0 Å². The van der Waals surface area contributed by atoms with Crippen LogP contribution in [0, 0.1) is 0 Å². The second kappa shape index (κ2) is 5.14. The lowest BCUT2D eigenvalue weighted by Gasteiger charge is -2.02. The first-order chi connectivity index (χ1) is 9.70. The van der Waals surface area contributed by atoms with Crippen LogP contribution in [0.2, 0.25) is 5.02 Å². The topological polar surface area (TPSA) is 32.9 Å². The van der Waals surface area contributed by atoms with Crippen molar-refractivity contribution in [2.45, 2.75) is 13.3 Å². The molecule has 0 bridgehead atoms. The maximum atomic E-state index is 12.6. The van der Waals surface area contributed by atoms with E-state index in [4.69, 9.17) is 11.6 Å². The number of aryl methyl sites for hydroxylation is 1. The molecule has 3 rings (SSSR count). The monoisotopic (exact) mass is 283 g/mol. The predicted octanol–water partition coefficient (Wildman–Crippen LogP) is 4.61. The number of nitrogens with one attached hydrogen (secondary N) is 1. The third-order valence-electron chi connectivity index (χ3n) is 3.53. The summed E-state index contributed by atoms with van der Waals surface area (Å²) >= 11 is 6.12. The van der Waals surface area contributed by atoms with Crippen molar-refractivity contribution in [3.63, 3.8) is 0 Å². The van der Waals surface area contributed by atoms with Crippen LogP contribution in [0.25, 0.3) is 10.9 Å². The lowest BCUT2D eigenvalue weighted by molar-refractivity contribution is 0.104. The molecular formula is C17H14ClNO.